The normalized spacial score (nSPS) is 10.8. The summed E-state index contributed by atoms with van der Waals surface area (Å²) in [4.78, 5) is 0. The van der Waals surface area contributed by atoms with Gasteiger partial charge in [0.1, 0.15) is 17.3 Å². The minimum atomic E-state index is 0.548. The van der Waals surface area contributed by atoms with E-state index in [1.807, 2.05) is 60.7 Å². The zero-order valence-corrected chi connectivity index (χ0v) is 13.0. The first-order valence-corrected chi connectivity index (χ1v) is 7.67. The van der Waals surface area contributed by atoms with Crippen LogP contribution in [0.1, 0.15) is 0 Å². The lowest BCUT2D eigenvalue weighted by atomic mass is 10.1. The molecule has 0 N–H and O–H groups in total. The van der Waals surface area contributed by atoms with Crippen molar-refractivity contribution >= 4 is 22.4 Å². The van der Waals surface area contributed by atoms with E-state index in [9.17, 15) is 0 Å². The zero-order chi connectivity index (χ0) is 15.6. The van der Waals surface area contributed by atoms with E-state index in [0.29, 0.717) is 10.8 Å². The fraction of sp³-hybridized carbons (Fsp3) is 0. The maximum absolute atomic E-state index is 6.35. The van der Waals surface area contributed by atoms with Crippen molar-refractivity contribution in [2.75, 3.05) is 0 Å². The van der Waals surface area contributed by atoms with Crippen molar-refractivity contribution in [2.24, 2.45) is 0 Å². The highest BCUT2D eigenvalue weighted by molar-refractivity contribution is 6.32. The van der Waals surface area contributed by atoms with Crippen LogP contribution in [-0.2, 0) is 0 Å². The Morgan fingerprint density at radius 2 is 1.65 bits per heavy atom. The summed E-state index contributed by atoms with van der Waals surface area (Å²) in [5.41, 5.74) is 0.922. The van der Waals surface area contributed by atoms with Gasteiger partial charge in [0.15, 0.2) is 0 Å². The van der Waals surface area contributed by atoms with E-state index in [-0.39, 0.29) is 0 Å². The first-order chi connectivity index (χ1) is 11.3. The van der Waals surface area contributed by atoms with Gasteiger partial charge in [0.25, 0.3) is 0 Å². The molecule has 1 heterocycles. The van der Waals surface area contributed by atoms with Crippen LogP contribution < -0.4 is 4.74 Å². The molecule has 2 nitrogen and oxygen atoms in total. The second-order valence-electron chi connectivity index (χ2n) is 5.23. The Labute approximate surface area is 138 Å². The Hall–Kier alpha value is -2.71. The molecule has 0 spiro atoms. The summed E-state index contributed by atoms with van der Waals surface area (Å²) in [6, 6.07) is 23.5. The molecule has 0 fully saturated rings. The largest absolute Gasteiger partial charge is 0.464 e. The quantitative estimate of drug-likeness (QED) is 0.427. The Kier molecular flexibility index (Phi) is 3.52. The van der Waals surface area contributed by atoms with Crippen LogP contribution in [0.25, 0.3) is 22.1 Å². The summed E-state index contributed by atoms with van der Waals surface area (Å²) in [7, 11) is 0. The van der Waals surface area contributed by atoms with Gasteiger partial charge in [0.2, 0.25) is 0 Å². The summed E-state index contributed by atoms with van der Waals surface area (Å²) in [5, 5.41) is 2.86. The van der Waals surface area contributed by atoms with E-state index in [1.165, 1.54) is 5.39 Å². The molecule has 1 aromatic heterocycles. The van der Waals surface area contributed by atoms with Crippen molar-refractivity contribution in [2.45, 2.75) is 0 Å². The third-order valence-electron chi connectivity index (χ3n) is 3.69. The molecule has 0 amide bonds. The number of ether oxygens (including phenoxy) is 1. The molecular formula is C20H13ClO2. The molecular weight excluding hydrogens is 308 g/mol. The second kappa shape index (κ2) is 5.82. The predicted octanol–water partition coefficient (Wildman–Crippen LogP) is 6.55. The second-order valence-corrected chi connectivity index (χ2v) is 5.64. The fourth-order valence-electron chi connectivity index (χ4n) is 2.54. The number of rotatable bonds is 3. The van der Waals surface area contributed by atoms with Crippen molar-refractivity contribution in [3.8, 4) is 22.8 Å². The van der Waals surface area contributed by atoms with Crippen molar-refractivity contribution in [3.63, 3.8) is 0 Å². The van der Waals surface area contributed by atoms with Crippen molar-refractivity contribution in [3.05, 3.63) is 84.1 Å². The van der Waals surface area contributed by atoms with Gasteiger partial charge in [0, 0.05) is 5.56 Å². The van der Waals surface area contributed by atoms with Crippen molar-refractivity contribution in [1.29, 1.82) is 0 Å². The van der Waals surface area contributed by atoms with Gasteiger partial charge in [-0.05, 0) is 53.2 Å². The van der Waals surface area contributed by atoms with E-state index >= 15 is 0 Å². The van der Waals surface area contributed by atoms with Gasteiger partial charge in [0.05, 0.1) is 11.3 Å². The maximum Gasteiger partial charge on any atom is 0.146 e. The monoisotopic (exact) mass is 320 g/mol. The van der Waals surface area contributed by atoms with Crippen LogP contribution in [0.3, 0.4) is 0 Å². The number of furan rings is 1. The van der Waals surface area contributed by atoms with E-state index in [2.05, 4.69) is 12.1 Å². The molecule has 0 bridgehead atoms. The van der Waals surface area contributed by atoms with Crippen LogP contribution in [0.2, 0.25) is 5.02 Å². The summed E-state index contributed by atoms with van der Waals surface area (Å²) in [6.45, 7) is 0. The molecule has 0 saturated carbocycles. The lowest BCUT2D eigenvalue weighted by Gasteiger charge is -2.09. The van der Waals surface area contributed by atoms with Crippen molar-refractivity contribution < 1.29 is 9.15 Å². The highest BCUT2D eigenvalue weighted by atomic mass is 35.5. The van der Waals surface area contributed by atoms with Gasteiger partial charge >= 0.3 is 0 Å². The molecule has 0 atom stereocenters. The molecule has 0 aliphatic rings. The molecule has 0 unspecified atom stereocenters. The van der Waals surface area contributed by atoms with Crippen LogP contribution in [0.5, 0.6) is 11.5 Å². The third-order valence-corrected chi connectivity index (χ3v) is 3.98. The lowest BCUT2D eigenvalue weighted by Crippen LogP contribution is -1.86. The molecule has 0 saturated heterocycles. The molecule has 4 rings (SSSR count). The van der Waals surface area contributed by atoms with Gasteiger partial charge in [-0.1, -0.05) is 41.9 Å². The van der Waals surface area contributed by atoms with Crippen molar-refractivity contribution in [1.82, 2.24) is 0 Å². The minimum Gasteiger partial charge on any atom is -0.464 e. The van der Waals surface area contributed by atoms with Gasteiger partial charge < -0.3 is 9.15 Å². The number of halogens is 1. The van der Waals surface area contributed by atoms with E-state index < -0.39 is 0 Å². The summed E-state index contributed by atoms with van der Waals surface area (Å²) < 4.78 is 11.3. The smallest absolute Gasteiger partial charge is 0.146 e. The van der Waals surface area contributed by atoms with Crippen LogP contribution in [0.4, 0.5) is 0 Å². The van der Waals surface area contributed by atoms with Crippen LogP contribution in [-0.4, -0.2) is 0 Å². The Morgan fingerprint density at radius 3 is 2.43 bits per heavy atom. The van der Waals surface area contributed by atoms with Gasteiger partial charge in [-0.2, -0.15) is 0 Å². The summed E-state index contributed by atoms with van der Waals surface area (Å²) >= 11 is 6.35. The Balaban J connectivity index is 1.65. The lowest BCUT2D eigenvalue weighted by molar-refractivity contribution is 0.483. The average molecular weight is 321 g/mol. The van der Waals surface area contributed by atoms with Crippen LogP contribution in [0.15, 0.2) is 83.5 Å². The van der Waals surface area contributed by atoms with Gasteiger partial charge in [-0.15, -0.1) is 0 Å². The van der Waals surface area contributed by atoms with Crippen LogP contribution in [0, 0.1) is 0 Å². The average Bonchev–Trinajstić information content (AvgIpc) is 3.11. The van der Waals surface area contributed by atoms with E-state index in [1.54, 1.807) is 6.26 Å². The van der Waals surface area contributed by atoms with E-state index in [0.717, 1.165) is 22.5 Å². The highest BCUT2D eigenvalue weighted by Crippen LogP contribution is 2.34. The van der Waals surface area contributed by atoms with E-state index in [4.69, 9.17) is 20.8 Å². The predicted molar refractivity (Wildman–Crippen MR) is 93.2 cm³/mol. The van der Waals surface area contributed by atoms with Crippen LogP contribution >= 0.6 is 11.6 Å². The summed E-state index contributed by atoms with van der Waals surface area (Å²) in [6.07, 6.45) is 1.64. The SMILES string of the molecule is Clc1cc(-c2ccco2)ccc1Oc1ccc2ccccc2c1. The number of hydrogen-bond donors (Lipinski definition) is 0. The Morgan fingerprint density at radius 1 is 0.783 bits per heavy atom. The summed E-state index contributed by atoms with van der Waals surface area (Å²) in [5.74, 6) is 2.16. The molecule has 112 valence electrons. The first kappa shape index (κ1) is 13.9. The third kappa shape index (κ3) is 2.81. The standard InChI is InChI=1S/C20H13ClO2/c21-18-13-16(19-6-3-11-22-19)8-10-20(18)23-17-9-7-14-4-1-2-5-15(14)12-17/h1-13H. The molecule has 0 aliphatic heterocycles. The molecule has 3 heteroatoms. The maximum atomic E-state index is 6.35. The highest BCUT2D eigenvalue weighted by Gasteiger charge is 2.08. The topological polar surface area (TPSA) is 22.4 Å². The van der Waals surface area contributed by atoms with Gasteiger partial charge in [-0.25, -0.2) is 0 Å². The Bertz CT molecular complexity index is 958. The molecule has 0 radical (unpaired) electrons. The van der Waals surface area contributed by atoms with Gasteiger partial charge in [-0.3, -0.25) is 0 Å². The minimum absolute atomic E-state index is 0.548. The molecule has 23 heavy (non-hydrogen) atoms. The first-order valence-electron chi connectivity index (χ1n) is 7.30. The zero-order valence-electron chi connectivity index (χ0n) is 12.2. The molecule has 0 aliphatic carbocycles. The fourth-order valence-corrected chi connectivity index (χ4v) is 2.76. The number of hydrogen-bond acceptors (Lipinski definition) is 2. The molecule has 3 aromatic carbocycles. The molecule has 4 aromatic rings. The number of benzene rings is 3. The number of fused-ring (bicyclic) bond motifs is 1.